The molecule has 0 fully saturated rings. The van der Waals surface area contributed by atoms with Crippen LogP contribution >= 0.6 is 0 Å². The minimum absolute atomic E-state index is 0.600. The summed E-state index contributed by atoms with van der Waals surface area (Å²) in [5, 5.41) is 4.23. The van der Waals surface area contributed by atoms with E-state index in [0.29, 0.717) is 17.5 Å². The molecule has 3 aromatic heterocycles. The third kappa shape index (κ3) is 5.43. The normalized spacial score (nSPS) is 11.6. The van der Waals surface area contributed by atoms with Crippen LogP contribution in [0.2, 0.25) is 0 Å². The van der Waals surface area contributed by atoms with Crippen molar-refractivity contribution in [3.8, 4) is 56.4 Å². The van der Waals surface area contributed by atoms with E-state index in [9.17, 15) is 0 Å². The Bertz CT molecular complexity index is 3150. The zero-order chi connectivity index (χ0) is 37.4. The average Bonchev–Trinajstić information content (AvgIpc) is 3.80. The summed E-state index contributed by atoms with van der Waals surface area (Å²) in [4.78, 5) is 15.3. The van der Waals surface area contributed by atoms with Gasteiger partial charge in [0.15, 0.2) is 17.5 Å². The van der Waals surface area contributed by atoms with Crippen molar-refractivity contribution in [1.82, 2.24) is 15.0 Å². The van der Waals surface area contributed by atoms with E-state index in [-0.39, 0.29) is 0 Å². The molecule has 10 rings (SSSR count). The first-order valence-electron chi connectivity index (χ1n) is 18.7. The van der Waals surface area contributed by atoms with E-state index in [1.54, 1.807) is 0 Å². The van der Waals surface area contributed by atoms with Crippen LogP contribution in [0.15, 0.2) is 142 Å². The smallest absolute Gasteiger partial charge is 0.164 e. The molecular weight excluding hydrogens is 669 g/mol. The Morgan fingerprint density at radius 2 is 0.855 bits per heavy atom. The number of fused-ring (bicyclic) bond motifs is 6. The Balaban J connectivity index is 1.12. The van der Waals surface area contributed by atoms with E-state index < -0.39 is 0 Å². The Kier molecular flexibility index (Phi) is 7.70. The molecule has 3 heterocycles. The van der Waals surface area contributed by atoms with Crippen LogP contribution in [0.25, 0.3) is 100 Å². The zero-order valence-corrected chi connectivity index (χ0v) is 31.4. The van der Waals surface area contributed by atoms with Gasteiger partial charge in [0.2, 0.25) is 0 Å². The standard InChI is InChI=1S/C45H32B5N3O2/c46-37-36(38(47)40(49)41(50)39(37)48)25-10-6-11-26(20-25)44-51-43(23-8-2-1-3-9-23)52-45(53-44)27-17-19-35-32(22-27)31-21-24(16-18-34(31)54-35)28-13-7-14-30-29-12-4-5-15-33(29)55-42(28)30/h1-22H,46-50H2. The largest absolute Gasteiger partial charge is 0.456 e. The van der Waals surface area contributed by atoms with Crippen molar-refractivity contribution in [3.05, 3.63) is 133 Å². The van der Waals surface area contributed by atoms with Crippen molar-refractivity contribution in [2.24, 2.45) is 0 Å². The first-order chi connectivity index (χ1) is 26.8. The number of hydrogen-bond acceptors (Lipinski definition) is 5. The molecule has 0 spiro atoms. The van der Waals surface area contributed by atoms with Crippen LogP contribution in [-0.2, 0) is 0 Å². The molecule has 7 aromatic carbocycles. The number of hydrogen-bond donors (Lipinski definition) is 0. The second kappa shape index (κ2) is 12.8. The van der Waals surface area contributed by atoms with E-state index >= 15 is 0 Å². The molecule has 0 amide bonds. The lowest BCUT2D eigenvalue weighted by molar-refractivity contribution is 0.668. The summed E-state index contributed by atoms with van der Waals surface area (Å²) in [6.07, 6.45) is 0. The van der Waals surface area contributed by atoms with Crippen LogP contribution in [0, 0.1) is 0 Å². The lowest BCUT2D eigenvalue weighted by atomic mass is 9.59. The van der Waals surface area contributed by atoms with Gasteiger partial charge in [-0.1, -0.05) is 102 Å². The Labute approximate surface area is 322 Å². The third-order valence-corrected chi connectivity index (χ3v) is 11.5. The zero-order valence-electron chi connectivity index (χ0n) is 31.4. The fourth-order valence-corrected chi connectivity index (χ4v) is 8.16. The molecule has 0 bridgehead atoms. The average molecular weight is 701 g/mol. The molecule has 0 aliphatic carbocycles. The summed E-state index contributed by atoms with van der Waals surface area (Å²) in [5.41, 5.74) is 17.3. The predicted octanol–water partition coefficient (Wildman–Crippen LogP) is 3.30. The summed E-state index contributed by atoms with van der Waals surface area (Å²) in [5.74, 6) is 1.85. The van der Waals surface area contributed by atoms with Gasteiger partial charge >= 0.3 is 0 Å². The molecule has 10 aromatic rings. The van der Waals surface area contributed by atoms with Gasteiger partial charge in [-0.3, -0.25) is 0 Å². The van der Waals surface area contributed by atoms with Crippen molar-refractivity contribution in [3.63, 3.8) is 0 Å². The highest BCUT2D eigenvalue weighted by molar-refractivity contribution is 6.68. The first-order valence-corrected chi connectivity index (χ1v) is 18.7. The summed E-state index contributed by atoms with van der Waals surface area (Å²) in [6.45, 7) is 0. The second-order valence-electron chi connectivity index (χ2n) is 14.6. The van der Waals surface area contributed by atoms with Crippen LogP contribution in [0.1, 0.15) is 0 Å². The maximum atomic E-state index is 6.40. The molecule has 5 nitrogen and oxygen atoms in total. The minimum Gasteiger partial charge on any atom is -0.456 e. The van der Waals surface area contributed by atoms with E-state index in [1.165, 1.54) is 32.9 Å². The molecule has 0 aliphatic rings. The van der Waals surface area contributed by atoms with Crippen molar-refractivity contribution >= 4 is 110 Å². The third-order valence-electron chi connectivity index (χ3n) is 11.5. The van der Waals surface area contributed by atoms with Gasteiger partial charge in [-0.2, -0.15) is 0 Å². The highest BCUT2D eigenvalue weighted by Gasteiger charge is 2.19. The molecular formula is C45H32B5N3O2. The van der Waals surface area contributed by atoms with Crippen molar-refractivity contribution in [1.29, 1.82) is 0 Å². The topological polar surface area (TPSA) is 65.0 Å². The maximum absolute atomic E-state index is 6.40. The maximum Gasteiger partial charge on any atom is 0.164 e. The van der Waals surface area contributed by atoms with Crippen molar-refractivity contribution in [2.75, 3.05) is 0 Å². The second-order valence-corrected chi connectivity index (χ2v) is 14.6. The van der Waals surface area contributed by atoms with Gasteiger partial charge in [-0.05, 0) is 59.2 Å². The van der Waals surface area contributed by atoms with Gasteiger partial charge in [-0.25, -0.2) is 15.0 Å². The van der Waals surface area contributed by atoms with Gasteiger partial charge < -0.3 is 8.83 Å². The van der Waals surface area contributed by atoms with Gasteiger partial charge in [0.05, 0.1) is 0 Å². The lowest BCUT2D eigenvalue weighted by Crippen LogP contribution is -2.55. The molecule has 0 radical (unpaired) electrons. The lowest BCUT2D eigenvalue weighted by Gasteiger charge is -2.20. The van der Waals surface area contributed by atoms with E-state index in [4.69, 9.17) is 23.8 Å². The van der Waals surface area contributed by atoms with Crippen LogP contribution in [0.4, 0.5) is 0 Å². The number of benzene rings is 7. The number of furan rings is 2. The summed E-state index contributed by atoms with van der Waals surface area (Å²) < 4.78 is 12.8. The van der Waals surface area contributed by atoms with Crippen LogP contribution in [-0.4, -0.2) is 54.2 Å². The van der Waals surface area contributed by atoms with Crippen LogP contribution < -0.4 is 27.3 Å². The first kappa shape index (κ1) is 33.1. The fraction of sp³-hybridized carbons (Fsp3) is 0. The van der Waals surface area contributed by atoms with Crippen molar-refractivity contribution < 1.29 is 8.83 Å². The molecule has 0 atom stereocenters. The molecule has 0 N–H and O–H groups in total. The molecule has 0 unspecified atom stereocenters. The molecule has 10 heteroatoms. The van der Waals surface area contributed by atoms with Crippen molar-refractivity contribution in [2.45, 2.75) is 0 Å². The minimum atomic E-state index is 0.600. The highest BCUT2D eigenvalue weighted by atomic mass is 16.3. The fourth-order valence-electron chi connectivity index (χ4n) is 8.16. The van der Waals surface area contributed by atoms with Gasteiger partial charge in [-0.15, -0.1) is 16.4 Å². The molecule has 0 saturated heterocycles. The number of para-hydroxylation sites is 2. The SMILES string of the molecule is Bc1c(B)c(B)c(-c2cccc(-c3nc(-c4ccccc4)nc(-c4ccc5oc6ccc(-c7cccc8c7oc7ccccc78)cc6c5c4)n3)c2)c(B)c1B. The quantitative estimate of drug-likeness (QED) is 0.258. The Hall–Kier alpha value is -6.53. The molecule has 0 saturated carbocycles. The monoisotopic (exact) mass is 701 g/mol. The highest BCUT2D eigenvalue weighted by Crippen LogP contribution is 2.39. The Morgan fingerprint density at radius 3 is 1.58 bits per heavy atom. The van der Waals surface area contributed by atoms with E-state index in [2.05, 4.69) is 112 Å². The predicted molar refractivity (Wildman–Crippen MR) is 242 cm³/mol. The summed E-state index contributed by atoms with van der Waals surface area (Å²) in [6, 6.07) is 45.8. The van der Waals surface area contributed by atoms with Crippen LogP contribution in [0.3, 0.4) is 0 Å². The van der Waals surface area contributed by atoms with E-state index in [1.807, 2.05) is 60.7 Å². The molecule has 55 heavy (non-hydrogen) atoms. The van der Waals surface area contributed by atoms with Gasteiger partial charge in [0, 0.05) is 43.8 Å². The Morgan fingerprint density at radius 1 is 0.345 bits per heavy atom. The van der Waals surface area contributed by atoms with Gasteiger partial charge in [0.25, 0.3) is 0 Å². The number of aromatic nitrogens is 3. The van der Waals surface area contributed by atoms with Gasteiger partial charge in [0.1, 0.15) is 61.6 Å². The molecule has 254 valence electrons. The number of nitrogens with zero attached hydrogens (tertiary/aromatic N) is 3. The number of rotatable bonds is 5. The summed E-state index contributed by atoms with van der Waals surface area (Å²) >= 11 is 0. The molecule has 0 aliphatic heterocycles. The van der Waals surface area contributed by atoms with E-state index in [0.717, 1.165) is 77.3 Å². The summed E-state index contributed by atoms with van der Waals surface area (Å²) in [7, 11) is 11.1. The van der Waals surface area contributed by atoms with Crippen LogP contribution in [0.5, 0.6) is 0 Å².